The van der Waals surface area contributed by atoms with Gasteiger partial charge >= 0.3 is 12.0 Å². The van der Waals surface area contributed by atoms with Gasteiger partial charge in [0.15, 0.2) is 0 Å². The average Bonchev–Trinajstić information content (AvgIpc) is 2.73. The number of rotatable bonds is 5. The fraction of sp³-hybridized carbons (Fsp3) is 0.571. The molecule has 0 saturated heterocycles. The van der Waals surface area contributed by atoms with Gasteiger partial charge in [0, 0.05) is 6.54 Å². The number of hydrogen-bond donors (Lipinski definition) is 3. The van der Waals surface area contributed by atoms with Crippen molar-refractivity contribution in [2.75, 3.05) is 6.54 Å². The van der Waals surface area contributed by atoms with Crippen molar-refractivity contribution < 1.29 is 19.1 Å². The molecule has 110 valence electrons. The highest BCUT2D eigenvalue weighted by atomic mass is 16.4. The minimum atomic E-state index is -1.03. The summed E-state index contributed by atoms with van der Waals surface area (Å²) in [7, 11) is 0. The number of furan rings is 1. The van der Waals surface area contributed by atoms with E-state index in [0.29, 0.717) is 18.1 Å². The van der Waals surface area contributed by atoms with Crippen LogP contribution in [0.4, 0.5) is 4.79 Å². The van der Waals surface area contributed by atoms with E-state index < -0.39 is 5.97 Å². The van der Waals surface area contributed by atoms with Gasteiger partial charge in [-0.15, -0.1) is 0 Å². The van der Waals surface area contributed by atoms with Crippen LogP contribution < -0.4 is 10.6 Å². The molecule has 1 aliphatic rings. The second-order valence-corrected chi connectivity index (χ2v) is 5.69. The number of urea groups is 1. The topological polar surface area (TPSA) is 91.6 Å². The highest BCUT2D eigenvalue weighted by Crippen LogP contribution is 2.39. The largest absolute Gasteiger partial charge is 0.478 e. The molecule has 0 atom stereocenters. The van der Waals surface area contributed by atoms with Crippen molar-refractivity contribution in [2.45, 2.75) is 39.7 Å². The van der Waals surface area contributed by atoms with Gasteiger partial charge in [0.25, 0.3) is 0 Å². The summed E-state index contributed by atoms with van der Waals surface area (Å²) in [5.74, 6) is -0.249. The molecule has 1 aromatic heterocycles. The molecule has 6 nitrogen and oxygen atoms in total. The van der Waals surface area contributed by atoms with Crippen LogP contribution in [0.15, 0.2) is 10.5 Å². The minimum Gasteiger partial charge on any atom is -0.478 e. The van der Waals surface area contributed by atoms with Gasteiger partial charge in [-0.05, 0) is 31.2 Å². The number of aryl methyl sites for hydroxylation is 1. The molecule has 6 heteroatoms. The molecule has 1 saturated carbocycles. The maximum Gasteiger partial charge on any atom is 0.339 e. The van der Waals surface area contributed by atoms with Crippen LogP contribution in [0.1, 0.15) is 48.1 Å². The molecule has 2 amide bonds. The van der Waals surface area contributed by atoms with Gasteiger partial charge in [-0.1, -0.05) is 13.3 Å². The van der Waals surface area contributed by atoms with Gasteiger partial charge < -0.3 is 20.2 Å². The van der Waals surface area contributed by atoms with Gasteiger partial charge in [-0.3, -0.25) is 0 Å². The van der Waals surface area contributed by atoms with Gasteiger partial charge in [-0.2, -0.15) is 0 Å². The maximum absolute atomic E-state index is 11.6. The average molecular weight is 280 g/mol. The molecule has 0 radical (unpaired) electrons. The van der Waals surface area contributed by atoms with E-state index in [9.17, 15) is 9.59 Å². The van der Waals surface area contributed by atoms with E-state index in [1.54, 1.807) is 6.92 Å². The summed E-state index contributed by atoms with van der Waals surface area (Å²) in [6.45, 7) is 4.59. The zero-order valence-corrected chi connectivity index (χ0v) is 11.8. The standard InChI is InChI=1S/C14H20N2O4/c1-9-11(12(17)18)6-10(20-9)7-15-13(19)16-8-14(2)4-3-5-14/h6H,3-5,7-8H2,1-2H3,(H,17,18)(H2,15,16,19). The molecule has 0 spiro atoms. The normalized spacial score (nSPS) is 16.3. The summed E-state index contributed by atoms with van der Waals surface area (Å²) in [6, 6.07) is 1.18. The molecular formula is C14H20N2O4. The molecule has 1 fully saturated rings. The van der Waals surface area contributed by atoms with E-state index in [0.717, 1.165) is 12.8 Å². The smallest absolute Gasteiger partial charge is 0.339 e. The maximum atomic E-state index is 11.6. The monoisotopic (exact) mass is 280 g/mol. The van der Waals surface area contributed by atoms with Crippen LogP contribution in [0.5, 0.6) is 0 Å². The lowest BCUT2D eigenvalue weighted by Gasteiger charge is -2.38. The molecule has 1 aliphatic carbocycles. The van der Waals surface area contributed by atoms with Crippen LogP contribution in [0.2, 0.25) is 0 Å². The molecule has 1 heterocycles. The zero-order valence-electron chi connectivity index (χ0n) is 11.8. The Morgan fingerprint density at radius 1 is 1.40 bits per heavy atom. The quantitative estimate of drug-likeness (QED) is 0.771. The summed E-state index contributed by atoms with van der Waals surface area (Å²) in [5, 5.41) is 14.4. The number of carbonyl (C=O) groups is 2. The minimum absolute atomic E-state index is 0.129. The van der Waals surface area contributed by atoms with Gasteiger partial charge in [0.2, 0.25) is 0 Å². The van der Waals surface area contributed by atoms with Crippen molar-refractivity contribution in [1.82, 2.24) is 10.6 Å². The third-order valence-corrected chi connectivity index (χ3v) is 3.86. The Morgan fingerprint density at radius 3 is 2.60 bits per heavy atom. The second kappa shape index (κ2) is 5.56. The summed E-state index contributed by atoms with van der Waals surface area (Å²) in [5.41, 5.74) is 0.360. The molecule has 20 heavy (non-hydrogen) atoms. The van der Waals surface area contributed by atoms with Crippen molar-refractivity contribution in [1.29, 1.82) is 0 Å². The van der Waals surface area contributed by atoms with E-state index in [-0.39, 0.29) is 23.6 Å². The number of aromatic carboxylic acids is 1. The number of hydrogen-bond acceptors (Lipinski definition) is 3. The van der Waals surface area contributed by atoms with Crippen LogP contribution in [0.3, 0.4) is 0 Å². The summed E-state index contributed by atoms with van der Waals surface area (Å²) < 4.78 is 5.28. The Balaban J connectivity index is 1.78. The fourth-order valence-electron chi connectivity index (χ4n) is 2.32. The Kier molecular flexibility index (Phi) is 4.01. The van der Waals surface area contributed by atoms with Crippen LogP contribution in [0, 0.1) is 12.3 Å². The Morgan fingerprint density at radius 2 is 2.10 bits per heavy atom. The van der Waals surface area contributed by atoms with Crippen molar-refractivity contribution >= 4 is 12.0 Å². The SMILES string of the molecule is Cc1oc(CNC(=O)NCC2(C)CCC2)cc1C(=O)O. The van der Waals surface area contributed by atoms with E-state index in [4.69, 9.17) is 9.52 Å². The summed E-state index contributed by atoms with van der Waals surface area (Å²) >= 11 is 0. The first-order valence-electron chi connectivity index (χ1n) is 6.74. The Labute approximate surface area is 117 Å². The first-order valence-corrected chi connectivity index (χ1v) is 6.74. The lowest BCUT2D eigenvalue weighted by atomic mass is 9.70. The number of carboxylic acid groups (broad SMARTS) is 1. The molecular weight excluding hydrogens is 260 g/mol. The van der Waals surface area contributed by atoms with Crippen molar-refractivity contribution in [3.63, 3.8) is 0 Å². The highest BCUT2D eigenvalue weighted by molar-refractivity contribution is 5.88. The number of nitrogens with one attached hydrogen (secondary N) is 2. The molecule has 1 aromatic rings. The number of amides is 2. The third-order valence-electron chi connectivity index (χ3n) is 3.86. The van der Waals surface area contributed by atoms with Gasteiger partial charge in [-0.25, -0.2) is 9.59 Å². The second-order valence-electron chi connectivity index (χ2n) is 5.69. The predicted octanol–water partition coefficient (Wildman–Crippen LogP) is 2.28. The van der Waals surface area contributed by atoms with Gasteiger partial charge in [0.05, 0.1) is 6.54 Å². The van der Waals surface area contributed by atoms with Crippen LogP contribution in [-0.4, -0.2) is 23.7 Å². The van der Waals surface area contributed by atoms with E-state index in [2.05, 4.69) is 17.6 Å². The Bertz CT molecular complexity index is 517. The zero-order chi connectivity index (χ0) is 14.8. The molecule has 2 rings (SSSR count). The first kappa shape index (κ1) is 14.4. The molecule has 3 N–H and O–H groups in total. The van der Waals surface area contributed by atoms with E-state index in [1.807, 2.05) is 0 Å². The fourth-order valence-corrected chi connectivity index (χ4v) is 2.32. The van der Waals surface area contributed by atoms with Crippen LogP contribution in [-0.2, 0) is 6.54 Å². The van der Waals surface area contributed by atoms with Crippen molar-refractivity contribution in [3.05, 3.63) is 23.2 Å². The summed E-state index contributed by atoms with van der Waals surface area (Å²) in [4.78, 5) is 22.5. The van der Waals surface area contributed by atoms with Gasteiger partial charge in [0.1, 0.15) is 17.1 Å². The van der Waals surface area contributed by atoms with Crippen molar-refractivity contribution in [3.8, 4) is 0 Å². The highest BCUT2D eigenvalue weighted by Gasteiger charge is 2.31. The Hall–Kier alpha value is -1.98. The van der Waals surface area contributed by atoms with E-state index in [1.165, 1.54) is 12.5 Å². The lowest BCUT2D eigenvalue weighted by Crippen LogP contribution is -2.43. The third kappa shape index (κ3) is 3.31. The number of carbonyl (C=O) groups excluding carboxylic acids is 1. The molecule has 0 aliphatic heterocycles. The van der Waals surface area contributed by atoms with Crippen molar-refractivity contribution in [2.24, 2.45) is 5.41 Å². The predicted molar refractivity (Wildman–Crippen MR) is 72.6 cm³/mol. The molecule has 0 aromatic carbocycles. The number of carboxylic acids is 1. The lowest BCUT2D eigenvalue weighted by molar-refractivity contribution is 0.0695. The van der Waals surface area contributed by atoms with Crippen LogP contribution in [0.25, 0.3) is 0 Å². The molecule has 0 unspecified atom stereocenters. The van der Waals surface area contributed by atoms with E-state index >= 15 is 0 Å². The van der Waals surface area contributed by atoms with Crippen LogP contribution >= 0.6 is 0 Å². The summed E-state index contributed by atoms with van der Waals surface area (Å²) in [6.07, 6.45) is 3.52. The first-order chi connectivity index (χ1) is 9.39. The molecule has 0 bridgehead atoms.